The molecule has 1 heterocycles. The van der Waals surface area contributed by atoms with Gasteiger partial charge in [0.2, 0.25) is 0 Å². The van der Waals surface area contributed by atoms with Gasteiger partial charge in [-0.2, -0.15) is 0 Å². The van der Waals surface area contributed by atoms with Gasteiger partial charge in [0.25, 0.3) is 0 Å². The molecule has 2 saturated carbocycles. The van der Waals surface area contributed by atoms with Crippen molar-refractivity contribution < 1.29 is 20.0 Å². The summed E-state index contributed by atoms with van der Waals surface area (Å²) >= 11 is -2.91. The molecule has 4 aromatic carbocycles. The van der Waals surface area contributed by atoms with E-state index in [-0.39, 0.29) is 24.8 Å². The number of fused-ring (bicyclic) bond motifs is 6. The molecule has 0 spiro atoms. The summed E-state index contributed by atoms with van der Waals surface area (Å²) in [4.78, 5) is 0. The van der Waals surface area contributed by atoms with Crippen molar-refractivity contribution in [2.24, 2.45) is 11.8 Å². The first-order valence-corrected chi connectivity index (χ1v) is 26.0. The first-order valence-electron chi connectivity index (χ1n) is 16.8. The number of hydrogen-bond acceptors (Lipinski definition) is 0. The van der Waals surface area contributed by atoms with E-state index < -0.39 is 20.0 Å². The van der Waals surface area contributed by atoms with Crippen LogP contribution in [0.3, 0.4) is 0 Å². The van der Waals surface area contributed by atoms with Crippen molar-refractivity contribution in [1.82, 2.24) is 0 Å². The third-order valence-corrected chi connectivity index (χ3v) is 30.9. The average molecular weight is 774 g/mol. The summed E-state index contributed by atoms with van der Waals surface area (Å²) in [5.41, 5.74) is 10.5. The first-order chi connectivity index (χ1) is 20.3. The molecule has 2 unspecified atom stereocenters. The zero-order valence-corrected chi connectivity index (χ0v) is 30.4. The van der Waals surface area contributed by atoms with Gasteiger partial charge in [-0.15, -0.1) is 24.8 Å². The Morgan fingerprint density at radius 2 is 0.884 bits per heavy atom. The molecule has 3 fully saturated rings. The normalized spacial score (nSPS) is 24.5. The maximum Gasteiger partial charge on any atom is -0.147 e. The van der Waals surface area contributed by atoms with E-state index in [0.717, 1.165) is 19.2 Å². The van der Waals surface area contributed by atoms with Gasteiger partial charge in [0.1, 0.15) is 0 Å². The molecule has 3 heteroatoms. The van der Waals surface area contributed by atoms with Crippen LogP contribution in [-0.2, 0) is 20.0 Å². The van der Waals surface area contributed by atoms with Crippen LogP contribution in [0.1, 0.15) is 93.8 Å². The molecule has 0 bridgehead atoms. The second-order valence-corrected chi connectivity index (χ2v) is 30.7. The molecule has 5 aliphatic rings. The summed E-state index contributed by atoms with van der Waals surface area (Å²) in [5.74, 6) is 1.63. The van der Waals surface area contributed by atoms with Gasteiger partial charge in [-0.05, 0) is 0 Å². The summed E-state index contributed by atoms with van der Waals surface area (Å²) < 4.78 is 4.77. The van der Waals surface area contributed by atoms with E-state index >= 15 is 0 Å². The van der Waals surface area contributed by atoms with Crippen LogP contribution in [0.2, 0.25) is 8.35 Å². The summed E-state index contributed by atoms with van der Waals surface area (Å²) in [7, 11) is 0. The molecule has 0 nitrogen and oxygen atoms in total. The molecular weight excluding hydrogens is 730 g/mol. The zero-order valence-electron chi connectivity index (χ0n) is 25.2. The Morgan fingerprint density at radius 3 is 1.30 bits per heavy atom. The SMILES string of the molecule is C1=C(C2CCCCC2)[CH]([Hf]2([CH]3C(C4CCCCC4)=Cc4c3ccc3ccccc43)[CH2][CH2]2)c2ccc3ccccc3c21.Cl.Cl. The van der Waals surface area contributed by atoms with Crippen LogP contribution in [-0.4, -0.2) is 0 Å². The second kappa shape index (κ2) is 11.9. The number of hydrogen-bond donors (Lipinski definition) is 0. The van der Waals surface area contributed by atoms with Crippen molar-refractivity contribution in [3.8, 4) is 0 Å². The average Bonchev–Trinajstić information content (AvgIpc) is 3.56. The summed E-state index contributed by atoms with van der Waals surface area (Å²) in [6.45, 7) is 0. The first kappa shape index (κ1) is 30.0. The summed E-state index contributed by atoms with van der Waals surface area (Å²) in [6, 6.07) is 28.6. The van der Waals surface area contributed by atoms with E-state index in [4.69, 9.17) is 0 Å². The van der Waals surface area contributed by atoms with Crippen LogP contribution in [0.4, 0.5) is 0 Å². The predicted octanol–water partition coefficient (Wildman–Crippen LogP) is 12.6. The molecule has 1 aliphatic heterocycles. The van der Waals surface area contributed by atoms with Gasteiger partial charge in [0.15, 0.2) is 0 Å². The molecule has 0 radical (unpaired) electrons. The molecule has 4 aromatic rings. The minimum Gasteiger partial charge on any atom is -0.147 e. The molecule has 0 N–H and O–H groups in total. The topological polar surface area (TPSA) is 0 Å². The molecule has 43 heavy (non-hydrogen) atoms. The molecule has 9 rings (SSSR count). The smallest absolute Gasteiger partial charge is 0.147 e. The molecule has 2 atom stereocenters. The molecule has 4 aliphatic carbocycles. The fraction of sp³-hybridized carbons (Fsp3) is 0.400. The fourth-order valence-electron chi connectivity index (χ4n) is 10.1. The minimum atomic E-state index is -2.91. The van der Waals surface area contributed by atoms with Crippen LogP contribution < -0.4 is 0 Å². The molecule has 0 amide bonds. The van der Waals surface area contributed by atoms with Crippen molar-refractivity contribution in [3.05, 3.63) is 106 Å². The Kier molecular flexibility index (Phi) is 8.32. The van der Waals surface area contributed by atoms with E-state index in [1.54, 1.807) is 30.6 Å². The van der Waals surface area contributed by atoms with Gasteiger partial charge < -0.3 is 0 Å². The van der Waals surface area contributed by atoms with Crippen molar-refractivity contribution in [3.63, 3.8) is 0 Å². The number of halogens is 2. The molecular formula is C40H44Cl2Hf. The summed E-state index contributed by atoms with van der Waals surface area (Å²) in [5, 5.41) is 5.86. The van der Waals surface area contributed by atoms with Crippen LogP contribution in [0.5, 0.6) is 0 Å². The predicted molar refractivity (Wildman–Crippen MR) is 187 cm³/mol. The van der Waals surface area contributed by atoms with Gasteiger partial charge in [-0.3, -0.25) is 0 Å². The molecule has 222 valence electrons. The van der Waals surface area contributed by atoms with Crippen LogP contribution in [0.25, 0.3) is 33.7 Å². The minimum absolute atomic E-state index is 0. The van der Waals surface area contributed by atoms with E-state index in [2.05, 4.69) is 84.9 Å². The number of allylic oxidation sites excluding steroid dienone is 2. The van der Waals surface area contributed by atoms with Crippen LogP contribution in [0, 0.1) is 11.8 Å². The zero-order chi connectivity index (χ0) is 27.0. The van der Waals surface area contributed by atoms with E-state index in [1.165, 1.54) is 85.8 Å². The number of rotatable bonds is 4. The standard InChI is InChI=1S/2C19H19.C2H4.2ClH.Hf/c2*1-2-6-14(7-3-1)17-12-16-11-10-15-8-4-5-9-18(15)19(16)13-17;1-2;;;/h2*4-5,8-14H,1-3,6-7H2;1-2H2;2*1H;. The van der Waals surface area contributed by atoms with Gasteiger partial charge in [-0.25, -0.2) is 0 Å². The van der Waals surface area contributed by atoms with Crippen LogP contribution >= 0.6 is 24.8 Å². The Balaban J connectivity index is 0.00000150. The van der Waals surface area contributed by atoms with Gasteiger partial charge in [0, 0.05) is 0 Å². The number of benzene rings is 4. The maximum absolute atomic E-state index is 2.91. The van der Waals surface area contributed by atoms with Crippen molar-refractivity contribution in [2.75, 3.05) is 0 Å². The van der Waals surface area contributed by atoms with Gasteiger partial charge >= 0.3 is 252 Å². The van der Waals surface area contributed by atoms with E-state index in [0.29, 0.717) is 0 Å². The second-order valence-electron chi connectivity index (χ2n) is 14.1. The molecule has 0 aromatic heterocycles. The fourth-order valence-corrected chi connectivity index (χ4v) is 38.3. The van der Waals surface area contributed by atoms with Gasteiger partial charge in [-0.1, -0.05) is 0 Å². The summed E-state index contributed by atoms with van der Waals surface area (Å²) in [6.07, 6.45) is 19.9. The third-order valence-electron chi connectivity index (χ3n) is 12.0. The monoisotopic (exact) mass is 774 g/mol. The third kappa shape index (κ3) is 4.78. The van der Waals surface area contributed by atoms with E-state index in [9.17, 15) is 0 Å². The van der Waals surface area contributed by atoms with Crippen molar-refractivity contribution in [2.45, 2.75) is 79.9 Å². The maximum atomic E-state index is 2.78. The quantitative estimate of drug-likeness (QED) is 0.181. The van der Waals surface area contributed by atoms with Gasteiger partial charge in [0.05, 0.1) is 0 Å². The van der Waals surface area contributed by atoms with Crippen LogP contribution in [0.15, 0.2) is 83.9 Å². The molecule has 1 saturated heterocycles. The Hall–Kier alpha value is -1.67. The Morgan fingerprint density at radius 1 is 0.465 bits per heavy atom. The van der Waals surface area contributed by atoms with Crippen molar-refractivity contribution in [1.29, 1.82) is 0 Å². The van der Waals surface area contributed by atoms with E-state index in [1.807, 2.05) is 11.1 Å². The Bertz CT molecular complexity index is 1610. The largest absolute Gasteiger partial charge is 0.147 e. The van der Waals surface area contributed by atoms with Crippen molar-refractivity contribution >= 4 is 58.5 Å². The Labute approximate surface area is 274 Å².